The van der Waals surface area contributed by atoms with Gasteiger partial charge in [0.15, 0.2) is 11.6 Å². The molecular weight excluding hydrogens is 679 g/mol. The van der Waals surface area contributed by atoms with E-state index in [2.05, 4.69) is 25.8 Å². The number of anilines is 1. The molecule has 0 saturated carbocycles. The molecule has 1 spiro atoms. The van der Waals surface area contributed by atoms with Crippen molar-refractivity contribution in [1.82, 2.24) is 29.7 Å². The second-order valence-electron chi connectivity index (χ2n) is 14.6. The summed E-state index contributed by atoms with van der Waals surface area (Å²) in [6, 6.07) is 16.2. The van der Waals surface area contributed by atoms with E-state index in [1.165, 1.54) is 0 Å². The van der Waals surface area contributed by atoms with Crippen molar-refractivity contribution in [3.8, 4) is 29.6 Å². The molecule has 5 aromatic rings. The van der Waals surface area contributed by atoms with E-state index in [0.717, 1.165) is 30.8 Å². The first-order chi connectivity index (χ1) is 25.8. The Balaban J connectivity index is 1.09. The first kappa shape index (κ1) is 33.3. The summed E-state index contributed by atoms with van der Waals surface area (Å²) < 4.78 is 53.2. The largest absolute Gasteiger partial charge is 0.461 e. The molecule has 0 aliphatic carbocycles. The maximum Gasteiger partial charge on any atom is 0.319 e. The van der Waals surface area contributed by atoms with Crippen LogP contribution in [0.1, 0.15) is 43.4 Å². The lowest BCUT2D eigenvalue weighted by molar-refractivity contribution is -0.142. The van der Waals surface area contributed by atoms with Crippen molar-refractivity contribution in [2.75, 3.05) is 44.2 Å². The van der Waals surface area contributed by atoms with Crippen molar-refractivity contribution in [3.05, 3.63) is 89.9 Å². The minimum absolute atomic E-state index is 0.0209. The van der Waals surface area contributed by atoms with Gasteiger partial charge in [0.25, 0.3) is 5.91 Å². The van der Waals surface area contributed by atoms with Gasteiger partial charge in [-0.05, 0) is 55.8 Å². The monoisotopic (exact) mass is 715 g/mol. The van der Waals surface area contributed by atoms with Gasteiger partial charge in [0.2, 0.25) is 0 Å². The predicted octanol–water partition coefficient (Wildman–Crippen LogP) is 6.51. The highest BCUT2D eigenvalue weighted by Gasteiger charge is 2.53. The molecule has 0 bridgehead atoms. The van der Waals surface area contributed by atoms with Crippen LogP contribution in [0.2, 0.25) is 0 Å². The van der Waals surface area contributed by atoms with Crippen molar-refractivity contribution in [1.29, 1.82) is 0 Å². The molecule has 2 aromatic carbocycles. The number of hydrogen-bond donors (Lipinski definition) is 0. The normalized spacial score (nSPS) is 24.2. The number of pyridine rings is 2. The number of halogens is 3. The first-order valence-corrected chi connectivity index (χ1v) is 18.0. The number of ether oxygens (including phenoxy) is 1. The fraction of sp³-hybridized carbons (Fsp3) is 0.341. The van der Waals surface area contributed by atoms with Gasteiger partial charge in [0.05, 0.1) is 22.2 Å². The second-order valence-corrected chi connectivity index (χ2v) is 14.6. The molecule has 0 N–H and O–H groups in total. The highest BCUT2D eigenvalue weighted by molar-refractivity contribution is 6.02. The quantitative estimate of drug-likeness (QED) is 0.139. The lowest BCUT2D eigenvalue weighted by atomic mass is 9.83. The van der Waals surface area contributed by atoms with Gasteiger partial charge in [0.1, 0.15) is 29.8 Å². The van der Waals surface area contributed by atoms with E-state index in [1.807, 2.05) is 35.2 Å². The van der Waals surface area contributed by atoms with Crippen LogP contribution in [-0.2, 0) is 4.79 Å². The van der Waals surface area contributed by atoms with E-state index in [9.17, 15) is 9.18 Å². The fourth-order valence-corrected chi connectivity index (χ4v) is 8.92. The van der Waals surface area contributed by atoms with Crippen LogP contribution in [0.3, 0.4) is 0 Å². The van der Waals surface area contributed by atoms with Gasteiger partial charge >= 0.3 is 6.01 Å². The first-order valence-electron chi connectivity index (χ1n) is 18.0. The molecule has 9 rings (SSSR count). The third-order valence-electron chi connectivity index (χ3n) is 11.6. The molecule has 7 heterocycles. The van der Waals surface area contributed by atoms with Gasteiger partial charge in [-0.1, -0.05) is 42.3 Å². The van der Waals surface area contributed by atoms with Crippen LogP contribution in [-0.4, -0.2) is 92.2 Å². The van der Waals surface area contributed by atoms with E-state index in [4.69, 9.17) is 16.1 Å². The van der Waals surface area contributed by atoms with Crippen LogP contribution >= 0.6 is 0 Å². The summed E-state index contributed by atoms with van der Waals surface area (Å²) in [5.41, 5.74) is 0.509. The number of nitrogens with zero attached hydrogens (tertiary/aromatic N) is 7. The number of alkyl halides is 1. The number of likely N-dealkylation sites (tertiary alicyclic amines) is 1. The third kappa shape index (κ3) is 5.57. The Kier molecular flexibility index (Phi) is 8.07. The smallest absolute Gasteiger partial charge is 0.319 e. The van der Waals surface area contributed by atoms with Crippen LogP contribution in [0.4, 0.5) is 19.0 Å². The highest BCUT2D eigenvalue weighted by Crippen LogP contribution is 2.44. The van der Waals surface area contributed by atoms with Crippen LogP contribution in [0.5, 0.6) is 6.01 Å². The Morgan fingerprint density at radius 2 is 1.89 bits per heavy atom. The Labute approximate surface area is 304 Å². The van der Waals surface area contributed by atoms with Crippen LogP contribution in [0, 0.1) is 18.2 Å². The maximum atomic E-state index is 17.0. The molecule has 3 atom stereocenters. The van der Waals surface area contributed by atoms with Gasteiger partial charge in [-0.15, -0.1) is 6.42 Å². The lowest BCUT2D eigenvalue weighted by Crippen LogP contribution is -2.63. The number of hydrogen-bond acceptors (Lipinski definition) is 8. The number of carbonyl (C=O) groups excluding carboxylic acids is 1. The lowest BCUT2D eigenvalue weighted by Gasteiger charge is -2.50. The third-order valence-corrected chi connectivity index (χ3v) is 11.6. The van der Waals surface area contributed by atoms with E-state index in [1.54, 1.807) is 41.6 Å². The Bertz CT molecular complexity index is 2340. The van der Waals surface area contributed by atoms with Gasteiger partial charge < -0.3 is 14.5 Å². The van der Waals surface area contributed by atoms with Crippen LogP contribution in [0.15, 0.2) is 72.8 Å². The summed E-state index contributed by atoms with van der Waals surface area (Å²) >= 11 is 0. The maximum absolute atomic E-state index is 17.0. The van der Waals surface area contributed by atoms with E-state index < -0.39 is 34.8 Å². The molecule has 12 heteroatoms. The van der Waals surface area contributed by atoms with E-state index in [-0.39, 0.29) is 23.8 Å². The molecular formula is C41H36F3N7O2. The SMILES string of the molecule is C#Cc1cccc2cccc(-c3ncc4c(N5CCC6(CCN6C(=O)/C(F)=C/c6ccccn6)C5)nc(OC[C@@]56CCCN5C[C@H](F)C6)nc4c3F)c12. The summed E-state index contributed by atoms with van der Waals surface area (Å²) in [6.07, 6.45) is 12.5. The molecule has 53 heavy (non-hydrogen) atoms. The molecule has 4 aliphatic rings. The standard InChI is InChI=1S/C41H36F3N7O2/c1-2-26-8-5-9-27-10-6-12-30(33(26)27)35-34(44)36-31(22-46-35)37(48-39(47-36)53-25-41-13-7-17-50(41)23-28(42)21-41)49-18-14-40(24-49)15-19-51(40)38(52)32(43)20-29-11-3-4-16-45-29/h1,3-6,8-12,16,20,22,28H,7,13-15,17-19,21,23-25H2/b32-20-/t28-,40?,41+/m1/s1. The Morgan fingerprint density at radius 1 is 1.04 bits per heavy atom. The number of aromatic nitrogens is 4. The zero-order valence-electron chi connectivity index (χ0n) is 28.9. The summed E-state index contributed by atoms with van der Waals surface area (Å²) in [5.74, 6) is 0.888. The van der Waals surface area contributed by atoms with Gasteiger partial charge in [-0.3, -0.25) is 19.7 Å². The average molecular weight is 716 g/mol. The molecule has 9 nitrogen and oxygen atoms in total. The predicted molar refractivity (Wildman–Crippen MR) is 196 cm³/mol. The number of rotatable bonds is 7. The molecule has 4 saturated heterocycles. The zero-order chi connectivity index (χ0) is 36.3. The van der Waals surface area contributed by atoms with Crippen molar-refractivity contribution >= 4 is 39.5 Å². The molecule has 1 amide bonds. The van der Waals surface area contributed by atoms with E-state index >= 15 is 8.78 Å². The second kappa shape index (κ2) is 12.8. The van der Waals surface area contributed by atoms with E-state index in [0.29, 0.717) is 78.9 Å². The summed E-state index contributed by atoms with van der Waals surface area (Å²) in [4.78, 5) is 37.3. The number of benzene rings is 2. The summed E-state index contributed by atoms with van der Waals surface area (Å²) in [7, 11) is 0. The minimum Gasteiger partial charge on any atom is -0.461 e. The van der Waals surface area contributed by atoms with Crippen molar-refractivity contribution < 1.29 is 22.7 Å². The van der Waals surface area contributed by atoms with Crippen molar-refractivity contribution in [3.63, 3.8) is 0 Å². The molecule has 4 fully saturated rings. The highest BCUT2D eigenvalue weighted by atomic mass is 19.1. The minimum atomic E-state index is -0.941. The van der Waals surface area contributed by atoms with Crippen LogP contribution in [0.25, 0.3) is 39.0 Å². The average Bonchev–Trinajstić information content (AvgIpc) is 3.87. The summed E-state index contributed by atoms with van der Waals surface area (Å²) in [6.45, 7) is 2.56. The number of carbonyl (C=O) groups is 1. The van der Waals surface area contributed by atoms with Crippen molar-refractivity contribution in [2.24, 2.45) is 0 Å². The van der Waals surface area contributed by atoms with Gasteiger partial charge in [-0.25, -0.2) is 13.2 Å². The molecule has 0 radical (unpaired) electrons. The number of terminal acetylenes is 1. The number of amides is 1. The molecule has 1 unspecified atom stereocenters. The zero-order valence-corrected chi connectivity index (χ0v) is 28.9. The Morgan fingerprint density at radius 3 is 2.68 bits per heavy atom. The van der Waals surface area contributed by atoms with Gasteiger partial charge in [-0.2, -0.15) is 9.97 Å². The topological polar surface area (TPSA) is 87.6 Å². The summed E-state index contributed by atoms with van der Waals surface area (Å²) in [5, 5.41) is 1.93. The van der Waals surface area contributed by atoms with Crippen LogP contribution < -0.4 is 9.64 Å². The Hall–Kier alpha value is -5.54. The number of fused-ring (bicyclic) bond motifs is 3. The van der Waals surface area contributed by atoms with Gasteiger partial charge in [0, 0.05) is 67.6 Å². The molecule has 4 aliphatic heterocycles. The van der Waals surface area contributed by atoms with Crippen molar-refractivity contribution in [2.45, 2.75) is 49.4 Å². The molecule has 268 valence electrons. The fourth-order valence-electron chi connectivity index (χ4n) is 8.92. The molecule has 3 aromatic heterocycles.